The van der Waals surface area contributed by atoms with Crippen molar-refractivity contribution < 1.29 is 4.74 Å². The molecular formula is C17H22BrNOS. The predicted molar refractivity (Wildman–Crippen MR) is 94.5 cm³/mol. The number of ether oxygens (including phenoxy) is 1. The second-order valence-electron chi connectivity index (χ2n) is 5.04. The molecule has 2 nitrogen and oxygen atoms in total. The molecule has 0 spiro atoms. The van der Waals surface area contributed by atoms with Crippen LogP contribution in [0.1, 0.15) is 23.8 Å². The van der Waals surface area contributed by atoms with Crippen molar-refractivity contribution in [3.8, 4) is 5.75 Å². The highest BCUT2D eigenvalue weighted by Crippen LogP contribution is 2.25. The molecule has 2 rings (SSSR count). The Morgan fingerprint density at radius 1 is 1.24 bits per heavy atom. The molecule has 0 amide bonds. The lowest BCUT2D eigenvalue weighted by Gasteiger charge is -2.17. The molecule has 0 saturated heterocycles. The minimum atomic E-state index is 0.520. The summed E-state index contributed by atoms with van der Waals surface area (Å²) in [7, 11) is 1.70. The van der Waals surface area contributed by atoms with Gasteiger partial charge in [0.15, 0.2) is 0 Å². The standard InChI is InChI=1S/C17H22BrNOS/c1-3-19-14(12-17-16(18)10-11-21-17)7-4-13-5-8-15(20-2)9-6-13/h5-6,8-11,14,19H,3-4,7,12H2,1-2H3. The van der Waals surface area contributed by atoms with Crippen LogP contribution in [0.3, 0.4) is 0 Å². The number of rotatable bonds is 8. The highest BCUT2D eigenvalue weighted by atomic mass is 79.9. The smallest absolute Gasteiger partial charge is 0.118 e. The summed E-state index contributed by atoms with van der Waals surface area (Å²) in [5.41, 5.74) is 1.36. The van der Waals surface area contributed by atoms with Gasteiger partial charge in [0.2, 0.25) is 0 Å². The summed E-state index contributed by atoms with van der Waals surface area (Å²) in [6.45, 7) is 3.18. The van der Waals surface area contributed by atoms with Crippen molar-refractivity contribution in [2.24, 2.45) is 0 Å². The van der Waals surface area contributed by atoms with Crippen LogP contribution in [-0.4, -0.2) is 19.7 Å². The molecule has 0 saturated carbocycles. The molecule has 1 aromatic heterocycles. The van der Waals surface area contributed by atoms with E-state index in [0.717, 1.165) is 31.6 Å². The Morgan fingerprint density at radius 2 is 2.00 bits per heavy atom. The summed E-state index contributed by atoms with van der Waals surface area (Å²) in [5.74, 6) is 0.921. The number of nitrogens with one attached hydrogen (secondary N) is 1. The minimum Gasteiger partial charge on any atom is -0.497 e. The van der Waals surface area contributed by atoms with Crippen LogP contribution >= 0.6 is 27.3 Å². The third-order valence-corrected chi connectivity index (χ3v) is 5.50. The van der Waals surface area contributed by atoms with Crippen LogP contribution in [0, 0.1) is 0 Å². The molecule has 2 aromatic rings. The molecule has 21 heavy (non-hydrogen) atoms. The second kappa shape index (κ2) is 8.57. The van der Waals surface area contributed by atoms with Gasteiger partial charge in [0, 0.05) is 15.4 Å². The molecule has 1 aromatic carbocycles. The van der Waals surface area contributed by atoms with E-state index in [4.69, 9.17) is 4.74 Å². The molecule has 0 fully saturated rings. The third-order valence-electron chi connectivity index (χ3n) is 3.56. The first kappa shape index (κ1) is 16.5. The summed E-state index contributed by atoms with van der Waals surface area (Å²) in [6.07, 6.45) is 3.32. The van der Waals surface area contributed by atoms with Gasteiger partial charge in [0.25, 0.3) is 0 Å². The second-order valence-corrected chi connectivity index (χ2v) is 6.89. The fourth-order valence-electron chi connectivity index (χ4n) is 2.39. The van der Waals surface area contributed by atoms with Crippen LogP contribution in [0.5, 0.6) is 5.75 Å². The van der Waals surface area contributed by atoms with Crippen molar-refractivity contribution in [2.75, 3.05) is 13.7 Å². The number of hydrogen-bond donors (Lipinski definition) is 1. The highest BCUT2D eigenvalue weighted by Gasteiger charge is 2.12. The lowest BCUT2D eigenvalue weighted by atomic mass is 10.0. The Hall–Kier alpha value is -0.840. The third kappa shape index (κ3) is 5.13. The molecule has 1 unspecified atom stereocenters. The van der Waals surface area contributed by atoms with E-state index in [1.807, 2.05) is 23.5 Å². The monoisotopic (exact) mass is 367 g/mol. The average Bonchev–Trinajstić information content (AvgIpc) is 2.91. The van der Waals surface area contributed by atoms with E-state index in [1.54, 1.807) is 7.11 Å². The maximum absolute atomic E-state index is 5.20. The first-order valence-electron chi connectivity index (χ1n) is 7.31. The topological polar surface area (TPSA) is 21.3 Å². The molecule has 4 heteroatoms. The van der Waals surface area contributed by atoms with Crippen LogP contribution in [0.15, 0.2) is 40.2 Å². The number of benzene rings is 1. The number of halogens is 1. The first-order valence-corrected chi connectivity index (χ1v) is 8.98. The van der Waals surface area contributed by atoms with Crippen LogP contribution in [0.2, 0.25) is 0 Å². The molecule has 1 atom stereocenters. The normalized spacial score (nSPS) is 12.3. The van der Waals surface area contributed by atoms with Gasteiger partial charge >= 0.3 is 0 Å². The Balaban J connectivity index is 1.91. The zero-order chi connectivity index (χ0) is 15.1. The van der Waals surface area contributed by atoms with E-state index in [2.05, 4.69) is 51.7 Å². The molecular weight excluding hydrogens is 346 g/mol. The summed E-state index contributed by atoms with van der Waals surface area (Å²) >= 11 is 5.45. The molecule has 0 aliphatic rings. The van der Waals surface area contributed by atoms with Crippen LogP contribution < -0.4 is 10.1 Å². The number of aryl methyl sites for hydroxylation is 1. The van der Waals surface area contributed by atoms with E-state index in [1.165, 1.54) is 14.9 Å². The number of likely N-dealkylation sites (N-methyl/N-ethyl adjacent to an activating group) is 1. The van der Waals surface area contributed by atoms with Gasteiger partial charge in [-0.2, -0.15) is 0 Å². The summed E-state index contributed by atoms with van der Waals surface area (Å²) in [5, 5.41) is 5.75. The molecule has 0 radical (unpaired) electrons. The quantitative estimate of drug-likeness (QED) is 0.731. The molecule has 0 aliphatic heterocycles. The van der Waals surface area contributed by atoms with E-state index in [-0.39, 0.29) is 0 Å². The maximum atomic E-state index is 5.20. The maximum Gasteiger partial charge on any atom is 0.118 e. The zero-order valence-corrected chi connectivity index (χ0v) is 15.0. The average molecular weight is 368 g/mol. The molecule has 0 aliphatic carbocycles. The summed E-state index contributed by atoms with van der Waals surface area (Å²) < 4.78 is 6.44. The summed E-state index contributed by atoms with van der Waals surface area (Å²) in [4.78, 5) is 1.43. The van der Waals surface area contributed by atoms with Gasteiger partial charge in [-0.1, -0.05) is 19.1 Å². The van der Waals surface area contributed by atoms with Gasteiger partial charge in [0.05, 0.1) is 7.11 Å². The first-order chi connectivity index (χ1) is 10.2. The van der Waals surface area contributed by atoms with E-state index in [9.17, 15) is 0 Å². The van der Waals surface area contributed by atoms with Crippen LogP contribution in [0.25, 0.3) is 0 Å². The fourth-order valence-corrected chi connectivity index (χ4v) is 3.99. The SMILES string of the molecule is CCNC(CCc1ccc(OC)cc1)Cc1sccc1Br. The van der Waals surface area contributed by atoms with Crippen molar-refractivity contribution in [1.82, 2.24) is 5.32 Å². The summed E-state index contributed by atoms with van der Waals surface area (Å²) in [6, 6.07) is 11.0. The zero-order valence-electron chi connectivity index (χ0n) is 12.6. The van der Waals surface area contributed by atoms with Crippen molar-refractivity contribution in [2.45, 2.75) is 32.2 Å². The van der Waals surface area contributed by atoms with Gasteiger partial charge in [0.1, 0.15) is 5.75 Å². The van der Waals surface area contributed by atoms with Crippen LogP contribution in [0.4, 0.5) is 0 Å². The molecule has 114 valence electrons. The van der Waals surface area contributed by atoms with Gasteiger partial charge in [-0.05, 0) is 70.9 Å². The Morgan fingerprint density at radius 3 is 2.57 bits per heavy atom. The largest absolute Gasteiger partial charge is 0.497 e. The van der Waals surface area contributed by atoms with Gasteiger partial charge in [-0.3, -0.25) is 0 Å². The highest BCUT2D eigenvalue weighted by molar-refractivity contribution is 9.10. The van der Waals surface area contributed by atoms with Crippen molar-refractivity contribution in [3.05, 3.63) is 50.6 Å². The van der Waals surface area contributed by atoms with Gasteiger partial charge in [-0.15, -0.1) is 11.3 Å². The van der Waals surface area contributed by atoms with Gasteiger partial charge in [-0.25, -0.2) is 0 Å². The van der Waals surface area contributed by atoms with E-state index in [0.29, 0.717) is 6.04 Å². The molecule has 1 heterocycles. The Kier molecular flexibility index (Phi) is 6.74. The number of thiophene rings is 1. The van der Waals surface area contributed by atoms with Crippen LogP contribution in [-0.2, 0) is 12.8 Å². The van der Waals surface area contributed by atoms with E-state index >= 15 is 0 Å². The Bertz CT molecular complexity index is 538. The minimum absolute atomic E-state index is 0.520. The Labute approximate surface area is 139 Å². The molecule has 0 bridgehead atoms. The number of hydrogen-bond acceptors (Lipinski definition) is 3. The molecule has 1 N–H and O–H groups in total. The van der Waals surface area contributed by atoms with Crippen molar-refractivity contribution in [3.63, 3.8) is 0 Å². The predicted octanol–water partition coefficient (Wildman–Crippen LogP) is 4.67. The van der Waals surface area contributed by atoms with Crippen molar-refractivity contribution in [1.29, 1.82) is 0 Å². The van der Waals surface area contributed by atoms with Crippen molar-refractivity contribution >= 4 is 27.3 Å². The lowest BCUT2D eigenvalue weighted by molar-refractivity contribution is 0.414. The fraction of sp³-hybridized carbons (Fsp3) is 0.412. The number of methoxy groups -OCH3 is 1. The lowest BCUT2D eigenvalue weighted by Crippen LogP contribution is -2.31. The van der Waals surface area contributed by atoms with Gasteiger partial charge < -0.3 is 10.1 Å². The van der Waals surface area contributed by atoms with E-state index < -0.39 is 0 Å².